The number of rotatable bonds is 7. The molecule has 1 aromatic carbocycles. The van der Waals surface area contributed by atoms with E-state index < -0.39 is 97.8 Å². The van der Waals surface area contributed by atoms with Crippen LogP contribution in [0.1, 0.15) is 90.3 Å². The predicted molar refractivity (Wildman–Crippen MR) is 209 cm³/mol. The Kier molecular flexibility index (Phi) is 11.9. The first-order valence-corrected chi connectivity index (χ1v) is 21.4. The molecule has 0 aromatic heterocycles. The third-order valence-corrected chi connectivity index (χ3v) is 12.9. The van der Waals surface area contributed by atoms with Gasteiger partial charge in [0.05, 0.1) is 18.4 Å². The zero-order valence-corrected chi connectivity index (χ0v) is 34.9. The number of hydrogen-bond donors (Lipinski definition) is 4. The van der Waals surface area contributed by atoms with Crippen LogP contribution in [-0.4, -0.2) is 114 Å². The molecule has 0 spiro atoms. The topological polar surface area (TPSA) is 219 Å². The summed E-state index contributed by atoms with van der Waals surface area (Å²) in [6.45, 7) is 14.3. The average molecular weight is 829 g/mol. The second kappa shape index (κ2) is 16.2. The van der Waals surface area contributed by atoms with Crippen molar-refractivity contribution in [1.29, 1.82) is 0 Å². The highest BCUT2D eigenvalue weighted by Gasteiger charge is 2.62. The van der Waals surface area contributed by atoms with Gasteiger partial charge < -0.3 is 35.1 Å². The van der Waals surface area contributed by atoms with Crippen LogP contribution in [0.25, 0.3) is 0 Å². The number of fused-ring (bicyclic) bond motifs is 3. The molecule has 6 rings (SSSR count). The minimum Gasteiger partial charge on any atom is -0.444 e. The maximum Gasteiger partial charge on any atom is 0.410 e. The molecular weight excluding hydrogens is 773 g/mol. The molecule has 6 amide bonds. The molecule has 2 saturated carbocycles. The third-order valence-electron chi connectivity index (χ3n) is 11.1. The highest BCUT2D eigenvalue weighted by molar-refractivity contribution is 7.91. The molecule has 6 atom stereocenters. The zero-order valence-electron chi connectivity index (χ0n) is 34.1. The number of aryl methyl sites for hydroxylation is 1. The molecule has 2 aliphatic carbocycles. The molecule has 58 heavy (non-hydrogen) atoms. The number of carbonyl (C=O) groups excluding carboxylic acids is 6. The van der Waals surface area contributed by atoms with Crippen molar-refractivity contribution in [2.75, 3.05) is 19.8 Å². The van der Waals surface area contributed by atoms with Crippen LogP contribution in [0, 0.1) is 11.3 Å². The summed E-state index contributed by atoms with van der Waals surface area (Å²) in [7, 11) is -3.95. The van der Waals surface area contributed by atoms with Gasteiger partial charge in [-0.2, -0.15) is 0 Å². The molecule has 3 aliphatic heterocycles. The average Bonchev–Trinajstić information content (AvgIpc) is 4.01. The van der Waals surface area contributed by atoms with E-state index in [4.69, 9.17) is 14.2 Å². The van der Waals surface area contributed by atoms with E-state index in [-0.39, 0.29) is 32.6 Å². The van der Waals surface area contributed by atoms with Crippen LogP contribution >= 0.6 is 0 Å². The van der Waals surface area contributed by atoms with Gasteiger partial charge >= 0.3 is 12.2 Å². The summed E-state index contributed by atoms with van der Waals surface area (Å²) >= 11 is 0. The van der Waals surface area contributed by atoms with Gasteiger partial charge in [-0.3, -0.25) is 28.8 Å². The van der Waals surface area contributed by atoms with Crippen molar-refractivity contribution in [3.63, 3.8) is 0 Å². The minimum absolute atomic E-state index is 0.0830. The van der Waals surface area contributed by atoms with Crippen LogP contribution in [0.3, 0.4) is 0 Å². The van der Waals surface area contributed by atoms with Crippen LogP contribution in [0.2, 0.25) is 0 Å². The lowest BCUT2D eigenvalue weighted by atomic mass is 9.85. The molecule has 18 heteroatoms. The number of benzene rings is 1. The Balaban J connectivity index is 1.31. The van der Waals surface area contributed by atoms with E-state index in [2.05, 4.69) is 27.3 Å². The number of nitrogens with one attached hydrogen (secondary N) is 4. The lowest BCUT2D eigenvalue weighted by Crippen LogP contribution is -2.62. The quantitative estimate of drug-likeness (QED) is 0.292. The monoisotopic (exact) mass is 828 g/mol. The van der Waals surface area contributed by atoms with E-state index in [0.717, 1.165) is 16.7 Å². The lowest BCUT2D eigenvalue weighted by molar-refractivity contribution is -0.145. The summed E-state index contributed by atoms with van der Waals surface area (Å²) in [4.78, 5) is 86.1. The van der Waals surface area contributed by atoms with Crippen LogP contribution in [-0.2, 0) is 62.9 Å². The molecule has 3 fully saturated rings. The SMILES string of the molecule is C=C[C@@H]1C[C@]1(NC(=O)[C@@H]1C[C@@H]2CN1C(=O)[C@H](C(C)(C)C)NC(=O)[C@@H](NC(=O)OC(C)(C)C)COCCCc1cccc3c1CN(C3)C(=O)O2)C(=O)NS(=O)(=O)C1CC1. The number of nitrogens with zero attached hydrogens (tertiary/aromatic N) is 2. The number of ether oxygens (including phenoxy) is 3. The van der Waals surface area contributed by atoms with E-state index in [1.807, 2.05) is 18.2 Å². The van der Waals surface area contributed by atoms with Crippen LogP contribution in [0.5, 0.6) is 0 Å². The molecule has 3 heterocycles. The third kappa shape index (κ3) is 9.59. The maximum absolute atomic E-state index is 14.7. The summed E-state index contributed by atoms with van der Waals surface area (Å²) in [5, 5.41) is 7.41. The molecule has 17 nitrogen and oxygen atoms in total. The molecule has 4 bridgehead atoms. The molecule has 318 valence electrons. The number of sulfonamides is 1. The summed E-state index contributed by atoms with van der Waals surface area (Å²) in [6.07, 6.45) is 0.994. The summed E-state index contributed by atoms with van der Waals surface area (Å²) in [5.74, 6) is -3.68. The first-order valence-electron chi connectivity index (χ1n) is 19.9. The number of hydrogen-bond acceptors (Lipinski definition) is 11. The van der Waals surface area contributed by atoms with Gasteiger partial charge in [0, 0.05) is 32.0 Å². The van der Waals surface area contributed by atoms with Gasteiger partial charge in [0.2, 0.25) is 27.7 Å². The van der Waals surface area contributed by atoms with E-state index >= 15 is 0 Å². The fourth-order valence-electron chi connectivity index (χ4n) is 7.72. The van der Waals surface area contributed by atoms with Gasteiger partial charge in [-0.15, -0.1) is 6.58 Å². The van der Waals surface area contributed by atoms with Gasteiger partial charge in [0.25, 0.3) is 5.91 Å². The van der Waals surface area contributed by atoms with Gasteiger partial charge in [0.1, 0.15) is 35.4 Å². The van der Waals surface area contributed by atoms with Crippen molar-refractivity contribution in [2.45, 2.75) is 134 Å². The van der Waals surface area contributed by atoms with E-state index in [0.29, 0.717) is 38.8 Å². The van der Waals surface area contributed by atoms with Gasteiger partial charge in [0.15, 0.2) is 0 Å². The fraction of sp³-hybridized carbons (Fsp3) is 0.650. The zero-order chi connectivity index (χ0) is 42.4. The van der Waals surface area contributed by atoms with E-state index in [9.17, 15) is 37.2 Å². The number of alkyl carbamates (subject to hydrolysis) is 1. The van der Waals surface area contributed by atoms with E-state index in [1.54, 1.807) is 46.4 Å². The van der Waals surface area contributed by atoms with Crippen molar-refractivity contribution in [3.05, 3.63) is 47.5 Å². The molecule has 5 aliphatic rings. The number of amides is 6. The molecule has 1 aromatic rings. The van der Waals surface area contributed by atoms with Gasteiger partial charge in [-0.1, -0.05) is 45.0 Å². The van der Waals surface area contributed by atoms with Crippen molar-refractivity contribution < 1.29 is 51.4 Å². The predicted octanol–water partition coefficient (Wildman–Crippen LogP) is 2.16. The minimum atomic E-state index is -3.95. The largest absolute Gasteiger partial charge is 0.444 e. The van der Waals surface area contributed by atoms with Crippen molar-refractivity contribution in [2.24, 2.45) is 11.3 Å². The van der Waals surface area contributed by atoms with Crippen LogP contribution in [0.15, 0.2) is 30.9 Å². The lowest BCUT2D eigenvalue weighted by Gasteiger charge is -2.36. The van der Waals surface area contributed by atoms with E-state index in [1.165, 1.54) is 11.0 Å². The summed E-state index contributed by atoms with van der Waals surface area (Å²) in [5.41, 5.74) is -0.481. The molecule has 0 radical (unpaired) electrons. The standard InChI is InChI=1S/C40H56N6O11S/c1-8-25-18-40(25,35(50)44-58(53,54)27-14-15-27)43-33(48)30-17-26-20-46(30)34(49)31(38(2,3)4)42-32(47)29(41-36(51)57-39(5,6)7)22-55-16-10-13-23-11-9-12-24-19-45(21-28(23)24)37(52)56-26/h8-9,11-12,25-27,29-31H,1,10,13-22H2,2-7H3,(H,41,51)(H,42,47)(H,43,48)(H,44,50)/t25-,26-,29+,30+,31-,40-/m1/s1. The van der Waals surface area contributed by atoms with Gasteiger partial charge in [-0.25, -0.2) is 18.0 Å². The first-order chi connectivity index (χ1) is 27.1. The Bertz CT molecular complexity index is 1960. The Morgan fingerprint density at radius 3 is 2.40 bits per heavy atom. The fourth-order valence-corrected chi connectivity index (χ4v) is 9.09. The Morgan fingerprint density at radius 2 is 1.76 bits per heavy atom. The van der Waals surface area contributed by atoms with Crippen LogP contribution in [0.4, 0.5) is 9.59 Å². The van der Waals surface area contributed by atoms with Crippen molar-refractivity contribution in [3.8, 4) is 0 Å². The van der Waals surface area contributed by atoms with Crippen molar-refractivity contribution in [1.82, 2.24) is 30.5 Å². The Hall–Kier alpha value is -4.71. The number of carbonyl (C=O) groups is 6. The second-order valence-corrected chi connectivity index (χ2v) is 20.0. The maximum atomic E-state index is 14.7. The summed E-state index contributed by atoms with van der Waals surface area (Å²) < 4.78 is 44.9. The smallest absolute Gasteiger partial charge is 0.410 e. The molecule has 4 N–H and O–H groups in total. The molecular formula is C40H56N6O11S. The molecule has 0 unspecified atom stereocenters. The molecule has 1 saturated heterocycles. The Morgan fingerprint density at radius 1 is 1.05 bits per heavy atom. The Labute approximate surface area is 339 Å². The highest BCUT2D eigenvalue weighted by Crippen LogP contribution is 2.45. The van der Waals surface area contributed by atoms with Gasteiger partial charge in [-0.05, 0) is 75.0 Å². The first kappa shape index (κ1) is 42.9. The highest BCUT2D eigenvalue weighted by atomic mass is 32.2. The van der Waals surface area contributed by atoms with Crippen molar-refractivity contribution >= 4 is 45.8 Å². The second-order valence-electron chi connectivity index (χ2n) is 18.0. The summed E-state index contributed by atoms with van der Waals surface area (Å²) in [6, 6.07) is 2.00. The van der Waals surface area contributed by atoms with Crippen LogP contribution < -0.4 is 20.7 Å². The normalized spacial score (nSPS) is 28.2.